The number of aryl methyl sites for hydroxylation is 1. The van der Waals surface area contributed by atoms with Crippen LogP contribution in [0.2, 0.25) is 0 Å². The summed E-state index contributed by atoms with van der Waals surface area (Å²) in [6.07, 6.45) is 1.47. The van der Waals surface area contributed by atoms with Crippen LogP contribution < -0.4 is 25.0 Å². The van der Waals surface area contributed by atoms with Crippen molar-refractivity contribution in [3.8, 4) is 17.2 Å². The van der Waals surface area contributed by atoms with Crippen LogP contribution in [0.25, 0.3) is 0 Å². The van der Waals surface area contributed by atoms with Gasteiger partial charge in [-0.15, -0.1) is 0 Å². The van der Waals surface area contributed by atoms with E-state index in [1.165, 1.54) is 6.21 Å². The molecule has 0 unspecified atom stereocenters. The molecule has 2 N–H and O–H groups in total. The van der Waals surface area contributed by atoms with Gasteiger partial charge in [0.25, 0.3) is 11.8 Å². The molecule has 0 spiro atoms. The second-order valence-electron chi connectivity index (χ2n) is 5.79. The van der Waals surface area contributed by atoms with Crippen LogP contribution in [0, 0.1) is 6.92 Å². The predicted molar refractivity (Wildman–Crippen MR) is 98.0 cm³/mol. The number of carbonyl (C=O) groups is 2. The summed E-state index contributed by atoms with van der Waals surface area (Å²) in [4.78, 5) is 23.4. The van der Waals surface area contributed by atoms with Crippen molar-refractivity contribution >= 4 is 18.0 Å². The fourth-order valence-corrected chi connectivity index (χ4v) is 2.30. The normalized spacial score (nSPS) is 12.0. The molecule has 0 atom stereocenters. The van der Waals surface area contributed by atoms with Gasteiger partial charge >= 0.3 is 0 Å². The number of amides is 2. The SMILES string of the molecule is Cc1cccc(OCC(=O)NCC(=O)NN=Cc2ccc3c(c2)OCO3)c1. The van der Waals surface area contributed by atoms with Gasteiger partial charge in [-0.05, 0) is 48.4 Å². The van der Waals surface area contributed by atoms with Gasteiger partial charge in [-0.2, -0.15) is 5.10 Å². The average Bonchev–Trinajstić information content (AvgIpc) is 3.12. The van der Waals surface area contributed by atoms with E-state index in [1.807, 2.05) is 25.1 Å². The highest BCUT2D eigenvalue weighted by molar-refractivity contribution is 5.87. The fourth-order valence-electron chi connectivity index (χ4n) is 2.30. The molecule has 27 heavy (non-hydrogen) atoms. The van der Waals surface area contributed by atoms with E-state index in [1.54, 1.807) is 24.3 Å². The fraction of sp³-hybridized carbons (Fsp3) is 0.211. The lowest BCUT2D eigenvalue weighted by atomic mass is 10.2. The number of hydrazone groups is 1. The molecule has 0 aliphatic carbocycles. The maximum Gasteiger partial charge on any atom is 0.259 e. The predicted octanol–water partition coefficient (Wildman–Crippen LogP) is 1.37. The summed E-state index contributed by atoms with van der Waals surface area (Å²) in [7, 11) is 0. The number of fused-ring (bicyclic) bond motifs is 1. The van der Waals surface area contributed by atoms with E-state index in [0.717, 1.165) is 11.1 Å². The number of nitrogens with zero attached hydrogens (tertiary/aromatic N) is 1. The van der Waals surface area contributed by atoms with E-state index in [9.17, 15) is 9.59 Å². The zero-order valence-electron chi connectivity index (χ0n) is 14.7. The highest BCUT2D eigenvalue weighted by Gasteiger charge is 2.12. The summed E-state index contributed by atoms with van der Waals surface area (Å²) < 4.78 is 15.8. The van der Waals surface area contributed by atoms with Crippen LogP contribution in [0.3, 0.4) is 0 Å². The minimum atomic E-state index is -0.448. The molecule has 8 nitrogen and oxygen atoms in total. The molecular formula is C19H19N3O5. The number of hydrogen-bond donors (Lipinski definition) is 2. The number of carbonyl (C=O) groups excluding carboxylic acids is 2. The molecule has 0 saturated heterocycles. The van der Waals surface area contributed by atoms with Crippen LogP contribution in [-0.4, -0.2) is 38.0 Å². The summed E-state index contributed by atoms with van der Waals surface area (Å²) in [6, 6.07) is 12.7. The van der Waals surface area contributed by atoms with Gasteiger partial charge < -0.3 is 19.5 Å². The summed E-state index contributed by atoms with van der Waals surface area (Å²) in [6.45, 7) is 1.76. The van der Waals surface area contributed by atoms with E-state index in [0.29, 0.717) is 17.2 Å². The molecule has 0 aromatic heterocycles. The molecule has 0 fully saturated rings. The van der Waals surface area contributed by atoms with Crippen LogP contribution in [0.4, 0.5) is 0 Å². The Morgan fingerprint density at radius 3 is 2.85 bits per heavy atom. The van der Waals surface area contributed by atoms with Crippen molar-refractivity contribution in [1.29, 1.82) is 0 Å². The van der Waals surface area contributed by atoms with Crippen molar-refractivity contribution < 1.29 is 23.8 Å². The molecule has 2 aromatic rings. The number of hydrogen-bond acceptors (Lipinski definition) is 6. The van der Waals surface area contributed by atoms with Crippen LogP contribution in [0.15, 0.2) is 47.6 Å². The average molecular weight is 369 g/mol. The maximum atomic E-state index is 11.7. The topological polar surface area (TPSA) is 98.2 Å². The van der Waals surface area contributed by atoms with Gasteiger partial charge in [0, 0.05) is 0 Å². The molecule has 3 rings (SSSR count). The molecule has 1 heterocycles. The number of nitrogens with one attached hydrogen (secondary N) is 2. The minimum absolute atomic E-state index is 0.169. The van der Waals surface area contributed by atoms with Crippen molar-refractivity contribution in [3.63, 3.8) is 0 Å². The smallest absolute Gasteiger partial charge is 0.259 e. The molecular weight excluding hydrogens is 350 g/mol. The lowest BCUT2D eigenvalue weighted by Crippen LogP contribution is -2.37. The number of ether oxygens (including phenoxy) is 3. The van der Waals surface area contributed by atoms with Crippen molar-refractivity contribution in [2.24, 2.45) is 5.10 Å². The van der Waals surface area contributed by atoms with E-state index in [-0.39, 0.29) is 19.9 Å². The zero-order valence-corrected chi connectivity index (χ0v) is 14.7. The summed E-state index contributed by atoms with van der Waals surface area (Å²) in [5, 5.41) is 6.31. The zero-order chi connectivity index (χ0) is 19.1. The Hall–Kier alpha value is -3.55. The Bertz CT molecular complexity index is 866. The first-order valence-electron chi connectivity index (χ1n) is 8.28. The maximum absolute atomic E-state index is 11.7. The Morgan fingerprint density at radius 2 is 2.00 bits per heavy atom. The number of benzene rings is 2. The molecule has 0 bridgehead atoms. The summed E-state index contributed by atoms with van der Waals surface area (Å²) in [5.74, 6) is 1.06. The summed E-state index contributed by atoms with van der Waals surface area (Å²) >= 11 is 0. The Morgan fingerprint density at radius 1 is 1.15 bits per heavy atom. The van der Waals surface area contributed by atoms with Crippen LogP contribution in [0.1, 0.15) is 11.1 Å². The van der Waals surface area contributed by atoms with Crippen LogP contribution >= 0.6 is 0 Å². The van der Waals surface area contributed by atoms with Crippen molar-refractivity contribution in [2.45, 2.75) is 6.92 Å². The first-order valence-corrected chi connectivity index (χ1v) is 8.28. The quantitative estimate of drug-likeness (QED) is 0.567. The van der Waals surface area contributed by atoms with Crippen molar-refractivity contribution in [3.05, 3.63) is 53.6 Å². The second-order valence-corrected chi connectivity index (χ2v) is 5.79. The van der Waals surface area contributed by atoms with Crippen molar-refractivity contribution in [1.82, 2.24) is 10.7 Å². The summed E-state index contributed by atoms with van der Waals surface area (Å²) in [5.41, 5.74) is 4.12. The third kappa shape index (κ3) is 5.46. The molecule has 2 amide bonds. The third-order valence-electron chi connectivity index (χ3n) is 3.61. The molecule has 140 valence electrons. The van der Waals surface area contributed by atoms with Gasteiger partial charge in [0.15, 0.2) is 18.1 Å². The third-order valence-corrected chi connectivity index (χ3v) is 3.61. The second kappa shape index (κ2) is 8.70. The number of rotatable bonds is 7. The lowest BCUT2D eigenvalue weighted by Gasteiger charge is -2.07. The Labute approximate surface area is 156 Å². The first-order chi connectivity index (χ1) is 13.1. The molecule has 2 aromatic carbocycles. The Balaban J connectivity index is 1.37. The highest BCUT2D eigenvalue weighted by Crippen LogP contribution is 2.31. The van der Waals surface area contributed by atoms with Gasteiger partial charge in [-0.25, -0.2) is 5.43 Å². The Kier molecular flexibility index (Phi) is 5.88. The molecule has 0 radical (unpaired) electrons. The standard InChI is InChI=1S/C19H19N3O5/c1-13-3-2-4-15(7-13)25-11-19(24)20-10-18(23)22-21-9-14-5-6-16-17(8-14)27-12-26-16/h2-9H,10-12H2,1H3,(H,20,24)(H,22,23). The lowest BCUT2D eigenvalue weighted by molar-refractivity contribution is -0.127. The van der Waals surface area contributed by atoms with E-state index in [2.05, 4.69) is 15.8 Å². The van der Waals surface area contributed by atoms with Gasteiger partial charge in [0.2, 0.25) is 6.79 Å². The van der Waals surface area contributed by atoms with E-state index >= 15 is 0 Å². The van der Waals surface area contributed by atoms with Gasteiger partial charge in [0.1, 0.15) is 5.75 Å². The minimum Gasteiger partial charge on any atom is -0.484 e. The highest BCUT2D eigenvalue weighted by atomic mass is 16.7. The van der Waals surface area contributed by atoms with Gasteiger partial charge in [-0.1, -0.05) is 12.1 Å². The van der Waals surface area contributed by atoms with Crippen molar-refractivity contribution in [2.75, 3.05) is 19.9 Å². The first kappa shape index (κ1) is 18.2. The van der Waals surface area contributed by atoms with Crippen LogP contribution in [0.5, 0.6) is 17.2 Å². The van der Waals surface area contributed by atoms with E-state index in [4.69, 9.17) is 14.2 Å². The molecule has 0 saturated carbocycles. The monoisotopic (exact) mass is 369 g/mol. The molecule has 8 heteroatoms. The molecule has 1 aliphatic heterocycles. The largest absolute Gasteiger partial charge is 0.484 e. The van der Waals surface area contributed by atoms with Gasteiger partial charge in [0.05, 0.1) is 12.8 Å². The van der Waals surface area contributed by atoms with E-state index < -0.39 is 11.8 Å². The van der Waals surface area contributed by atoms with Gasteiger partial charge in [-0.3, -0.25) is 9.59 Å². The van der Waals surface area contributed by atoms with Crippen LogP contribution in [-0.2, 0) is 9.59 Å². The molecule has 1 aliphatic rings.